The monoisotopic (exact) mass is 427 g/mol. The molecule has 29 heavy (non-hydrogen) atoms. The quantitative estimate of drug-likeness (QED) is 0.548. The van der Waals surface area contributed by atoms with Gasteiger partial charge in [-0.2, -0.15) is 0 Å². The van der Waals surface area contributed by atoms with E-state index in [1.807, 2.05) is 39.0 Å². The second-order valence-electron chi connectivity index (χ2n) is 6.64. The molecule has 0 bridgehead atoms. The van der Waals surface area contributed by atoms with Crippen LogP contribution in [0.3, 0.4) is 0 Å². The molecule has 8 heteroatoms. The molecule has 1 aliphatic heterocycles. The highest BCUT2D eigenvalue weighted by Gasteiger charge is 2.35. The van der Waals surface area contributed by atoms with Crippen LogP contribution >= 0.6 is 24.0 Å². The summed E-state index contributed by atoms with van der Waals surface area (Å²) in [6.07, 6.45) is 0. The number of amides is 1. The van der Waals surface area contributed by atoms with Crippen LogP contribution in [0, 0.1) is 13.8 Å². The van der Waals surface area contributed by atoms with Crippen LogP contribution < -0.4 is 4.90 Å². The van der Waals surface area contributed by atoms with Crippen LogP contribution in [0.5, 0.6) is 0 Å². The Kier molecular flexibility index (Phi) is 5.59. The molecule has 1 aliphatic rings. The SMILES string of the molecule is C/C(=C1/SC(=S)N(c2cc(C(=O)O)cc(C(=O)O)c2)C1=O)c1ccc(C)c(C)c1. The van der Waals surface area contributed by atoms with Gasteiger partial charge in [0.05, 0.1) is 21.7 Å². The normalized spacial score (nSPS) is 15.6. The van der Waals surface area contributed by atoms with Gasteiger partial charge in [-0.25, -0.2) is 9.59 Å². The van der Waals surface area contributed by atoms with E-state index < -0.39 is 17.8 Å². The Bertz CT molecular complexity index is 1090. The van der Waals surface area contributed by atoms with Crippen LogP contribution in [0.1, 0.15) is 44.3 Å². The number of anilines is 1. The molecule has 2 N–H and O–H groups in total. The van der Waals surface area contributed by atoms with Crippen molar-refractivity contribution in [1.82, 2.24) is 0 Å². The van der Waals surface area contributed by atoms with Crippen LogP contribution in [0.15, 0.2) is 41.3 Å². The number of carboxylic acid groups (broad SMARTS) is 2. The molecule has 0 unspecified atom stereocenters. The maximum atomic E-state index is 13.1. The average molecular weight is 428 g/mol. The largest absolute Gasteiger partial charge is 0.478 e. The summed E-state index contributed by atoms with van der Waals surface area (Å²) in [6.45, 7) is 5.82. The highest BCUT2D eigenvalue weighted by molar-refractivity contribution is 8.27. The van der Waals surface area contributed by atoms with Gasteiger partial charge in [0.15, 0.2) is 4.32 Å². The second-order valence-corrected chi connectivity index (χ2v) is 8.28. The lowest BCUT2D eigenvalue weighted by atomic mass is 10.0. The third-order valence-electron chi connectivity index (χ3n) is 4.72. The van der Waals surface area contributed by atoms with E-state index in [2.05, 4.69) is 0 Å². The molecule has 1 saturated heterocycles. The first-order valence-corrected chi connectivity index (χ1v) is 9.79. The van der Waals surface area contributed by atoms with Gasteiger partial charge in [0.1, 0.15) is 0 Å². The third kappa shape index (κ3) is 3.94. The van der Waals surface area contributed by atoms with Gasteiger partial charge in [0.25, 0.3) is 5.91 Å². The Balaban J connectivity index is 2.08. The Hall–Kier alpha value is -2.97. The van der Waals surface area contributed by atoms with Gasteiger partial charge in [0, 0.05) is 0 Å². The standard InChI is InChI=1S/C21H17NO5S2/c1-10-4-5-13(6-11(10)2)12(3)17-18(23)22(21(28)29-17)16-8-14(19(24)25)7-15(9-16)20(26)27/h4-9H,1-3H3,(H,24,25)(H,26,27)/b17-12-. The zero-order valence-corrected chi connectivity index (χ0v) is 17.5. The van der Waals surface area contributed by atoms with Crippen molar-refractivity contribution in [2.24, 2.45) is 0 Å². The third-order valence-corrected chi connectivity index (χ3v) is 6.19. The van der Waals surface area contributed by atoms with E-state index in [-0.39, 0.29) is 21.1 Å². The summed E-state index contributed by atoms with van der Waals surface area (Å²) in [5, 5.41) is 18.6. The first kappa shape index (κ1) is 20.8. The number of nitrogens with zero attached hydrogens (tertiary/aromatic N) is 1. The fourth-order valence-corrected chi connectivity index (χ4v) is 4.26. The zero-order chi connectivity index (χ0) is 21.5. The first-order valence-electron chi connectivity index (χ1n) is 8.56. The van der Waals surface area contributed by atoms with E-state index in [9.17, 15) is 24.6 Å². The first-order chi connectivity index (χ1) is 13.6. The number of aryl methyl sites for hydroxylation is 2. The lowest BCUT2D eigenvalue weighted by molar-refractivity contribution is -0.113. The molecule has 0 aliphatic carbocycles. The minimum Gasteiger partial charge on any atom is -0.478 e. The Morgan fingerprint density at radius 2 is 1.52 bits per heavy atom. The van der Waals surface area contributed by atoms with Crippen LogP contribution in [0.2, 0.25) is 0 Å². The highest BCUT2D eigenvalue weighted by atomic mass is 32.2. The van der Waals surface area contributed by atoms with Gasteiger partial charge in [-0.15, -0.1) is 0 Å². The summed E-state index contributed by atoms with van der Waals surface area (Å²) in [4.78, 5) is 37.5. The number of hydrogen-bond acceptors (Lipinski definition) is 5. The summed E-state index contributed by atoms with van der Waals surface area (Å²) < 4.78 is 0.215. The average Bonchev–Trinajstić information content (AvgIpc) is 2.97. The van der Waals surface area contributed by atoms with Gasteiger partial charge in [-0.1, -0.05) is 42.2 Å². The second kappa shape index (κ2) is 7.81. The number of aromatic carboxylic acids is 2. The van der Waals surface area contributed by atoms with Crippen LogP contribution in [0.25, 0.3) is 5.57 Å². The predicted molar refractivity (Wildman–Crippen MR) is 117 cm³/mol. The number of carboxylic acids is 2. The van der Waals surface area contributed by atoms with Crippen LogP contribution in [0.4, 0.5) is 5.69 Å². The molecular weight excluding hydrogens is 410 g/mol. The van der Waals surface area contributed by atoms with Gasteiger partial charge in [-0.3, -0.25) is 9.69 Å². The molecule has 6 nitrogen and oxygen atoms in total. The van der Waals surface area contributed by atoms with E-state index in [0.717, 1.165) is 40.1 Å². The number of benzene rings is 2. The molecule has 0 aromatic heterocycles. The molecule has 1 fully saturated rings. The van der Waals surface area contributed by atoms with E-state index in [0.29, 0.717) is 4.91 Å². The topological polar surface area (TPSA) is 94.9 Å². The van der Waals surface area contributed by atoms with Gasteiger partial charge in [0.2, 0.25) is 0 Å². The number of carbonyl (C=O) groups is 3. The lowest BCUT2D eigenvalue weighted by Crippen LogP contribution is -2.28. The summed E-state index contributed by atoms with van der Waals surface area (Å²) >= 11 is 6.46. The molecule has 0 spiro atoms. The van der Waals surface area contributed by atoms with Crippen LogP contribution in [-0.2, 0) is 4.79 Å². The maximum Gasteiger partial charge on any atom is 0.335 e. The van der Waals surface area contributed by atoms with Crippen molar-refractivity contribution < 1.29 is 24.6 Å². The minimum absolute atomic E-state index is 0.118. The fourth-order valence-electron chi connectivity index (χ4n) is 2.91. The van der Waals surface area contributed by atoms with Crippen molar-refractivity contribution in [3.63, 3.8) is 0 Å². The molecule has 0 saturated carbocycles. The Labute approximate surface area is 176 Å². The molecule has 148 valence electrons. The maximum absolute atomic E-state index is 13.1. The van der Waals surface area contributed by atoms with E-state index in [1.54, 1.807) is 0 Å². The molecule has 0 radical (unpaired) electrons. The minimum atomic E-state index is -1.29. The van der Waals surface area contributed by atoms with Gasteiger partial charge in [-0.05, 0) is 61.2 Å². The molecule has 3 rings (SSSR count). The highest BCUT2D eigenvalue weighted by Crippen LogP contribution is 2.39. The van der Waals surface area contributed by atoms with E-state index in [1.165, 1.54) is 17.0 Å². The molecule has 2 aromatic carbocycles. The number of thioether (sulfide) groups is 1. The number of rotatable bonds is 4. The number of thiocarbonyl (C=S) groups is 1. The van der Waals surface area contributed by atoms with Crippen LogP contribution in [-0.4, -0.2) is 32.4 Å². The molecule has 1 amide bonds. The number of allylic oxidation sites excluding steroid dienone is 1. The van der Waals surface area contributed by atoms with E-state index in [4.69, 9.17) is 12.2 Å². The summed E-state index contributed by atoms with van der Waals surface area (Å²) in [6, 6.07) is 9.43. The van der Waals surface area contributed by atoms with Crippen molar-refractivity contribution in [3.8, 4) is 0 Å². The Morgan fingerprint density at radius 3 is 2.03 bits per heavy atom. The summed E-state index contributed by atoms with van der Waals surface area (Å²) in [5.74, 6) is -2.99. The fraction of sp³-hybridized carbons (Fsp3) is 0.143. The van der Waals surface area contributed by atoms with Crippen molar-refractivity contribution in [3.05, 3.63) is 69.1 Å². The van der Waals surface area contributed by atoms with Crippen molar-refractivity contribution in [2.45, 2.75) is 20.8 Å². The predicted octanol–water partition coefficient (Wildman–Crippen LogP) is 4.50. The van der Waals surface area contributed by atoms with Gasteiger partial charge < -0.3 is 10.2 Å². The zero-order valence-electron chi connectivity index (χ0n) is 15.8. The van der Waals surface area contributed by atoms with Crippen molar-refractivity contribution in [2.75, 3.05) is 4.90 Å². The van der Waals surface area contributed by atoms with E-state index >= 15 is 0 Å². The molecule has 2 aromatic rings. The molecular formula is C21H17NO5S2. The van der Waals surface area contributed by atoms with Crippen molar-refractivity contribution >= 4 is 57.4 Å². The smallest absolute Gasteiger partial charge is 0.335 e. The molecule has 1 heterocycles. The summed E-state index contributed by atoms with van der Waals surface area (Å²) in [5.41, 5.74) is 3.53. The summed E-state index contributed by atoms with van der Waals surface area (Å²) in [7, 11) is 0. The lowest BCUT2D eigenvalue weighted by Gasteiger charge is -2.16. The molecule has 0 atom stereocenters. The number of hydrogen-bond donors (Lipinski definition) is 2. The van der Waals surface area contributed by atoms with Crippen molar-refractivity contribution in [1.29, 1.82) is 0 Å². The number of carbonyl (C=O) groups excluding carboxylic acids is 1. The Morgan fingerprint density at radius 1 is 0.931 bits per heavy atom. The van der Waals surface area contributed by atoms with Gasteiger partial charge >= 0.3 is 11.9 Å².